The number of aromatic nitrogens is 6. The fourth-order valence-corrected chi connectivity index (χ4v) is 15.7. The molecule has 1 unspecified atom stereocenters. The Bertz CT molecular complexity index is 6470. The van der Waals surface area contributed by atoms with Crippen molar-refractivity contribution >= 4 is 114 Å². The first-order chi connectivity index (χ1) is 65.1. The Morgan fingerprint density at radius 3 is 0.993 bits per heavy atom. The van der Waals surface area contributed by atoms with Gasteiger partial charge in [-0.3, -0.25) is 33.6 Å². The zero-order valence-electron chi connectivity index (χ0n) is 73.8. The highest BCUT2D eigenvalue weighted by Gasteiger charge is 2.49. The Kier molecular flexibility index (Phi) is 31.6. The molecular formula is C95H84F15IN14O13. The molecule has 138 heavy (non-hydrogen) atoms. The zero-order valence-corrected chi connectivity index (χ0v) is 75.9. The van der Waals surface area contributed by atoms with Gasteiger partial charge in [0.15, 0.2) is 0 Å². The van der Waals surface area contributed by atoms with Crippen molar-refractivity contribution in [1.29, 1.82) is 0 Å². The van der Waals surface area contributed by atoms with Gasteiger partial charge in [0.05, 0.1) is 123 Å². The van der Waals surface area contributed by atoms with Crippen molar-refractivity contribution in [3.8, 4) is 40.1 Å². The summed E-state index contributed by atoms with van der Waals surface area (Å²) in [5.41, 5.74) is 11.4. The van der Waals surface area contributed by atoms with Gasteiger partial charge in [-0.2, -0.15) is 50.4 Å². The molecule has 3 aromatic heterocycles. The maximum Gasteiger partial charge on any atom is 0.374 e. The van der Waals surface area contributed by atoms with Crippen LogP contribution in [-0.2, 0) is 38.4 Å². The number of halogens is 16. The topological polar surface area (TPSA) is 340 Å². The molecule has 0 saturated carbocycles. The fraction of sp³-hybridized carbons (Fsp3) is 0.253. The van der Waals surface area contributed by atoms with E-state index in [4.69, 9.17) is 29.8 Å². The average molecular weight is 2040 g/mol. The molecule has 4 aliphatic heterocycles. The van der Waals surface area contributed by atoms with Crippen LogP contribution in [0.15, 0.2) is 219 Å². The van der Waals surface area contributed by atoms with Gasteiger partial charge in [-0.15, -0.1) is 0 Å². The van der Waals surface area contributed by atoms with Crippen LogP contribution >= 0.6 is 22.6 Å². The highest BCUT2D eigenvalue weighted by atomic mass is 127. The number of carbonyl (C=O) groups excluding carboxylic acids is 7. The molecule has 7 amide bonds. The standard InChI is InChI=1S/2C27H22F4N4O3.C14H15F3N2O3.C13H8FIN2.C11H13FN2O2.C3H4F2O2/c2*1-27(30,31)26(37)33-22-13-24(36)34(25(22)20-12-19(38-2)8-9-21(20)29)18-7-10-23-15(11-18)14-32-35(23)17-5-3-16(28)4-6-17;1-14(16,17)13(21)18-10-6-11(20)19-12(10)8-5-7(22-2)3-4-9(8)15;14-10-1-4-12(5-2-10)17-13-6-3-11(15)7-9(13)8-16-17;1-16-6-2-3-8(12)7(4-6)11-9(13)5-10(15)14-11;1-3(4,5)2(6)7/h2*3-12,14,22,25H,13H2,1-2H3,(H,33,37);3-5,10,12H,6H2,1-2H3,(H,18,21)(H,19,20);1-8H;2-4,9,11H,5,13H2,1H3,(H,14,15);1H3,(H,6,7)/t2*22-,25+;10-,12+;;9-,11?;/m100.0./s1. The third kappa shape index (κ3) is 24.2. The molecule has 13 aromatic rings. The molecule has 4 fully saturated rings. The summed E-state index contributed by atoms with van der Waals surface area (Å²) in [4.78, 5) is 96.7. The number of methoxy groups -OCH3 is 4. The van der Waals surface area contributed by atoms with E-state index >= 15 is 8.78 Å². The number of ether oxygens (including phenoxy) is 4. The van der Waals surface area contributed by atoms with Crippen LogP contribution in [0.4, 0.5) is 77.2 Å². The zero-order chi connectivity index (χ0) is 100. The number of nitrogens with zero attached hydrogens (tertiary/aromatic N) is 8. The predicted octanol–water partition coefficient (Wildman–Crippen LogP) is 16.6. The Labute approximate surface area is 788 Å². The van der Waals surface area contributed by atoms with Gasteiger partial charge in [-0.1, -0.05) is 0 Å². The van der Waals surface area contributed by atoms with Crippen molar-refractivity contribution in [1.82, 2.24) is 55.9 Å². The van der Waals surface area contributed by atoms with Gasteiger partial charge in [-0.25, -0.2) is 49.6 Å². The second-order valence-electron chi connectivity index (χ2n) is 31.9. The van der Waals surface area contributed by atoms with E-state index in [-0.39, 0.29) is 59.9 Å². The molecule has 0 aliphatic carbocycles. The molecule has 7 heterocycles. The van der Waals surface area contributed by atoms with Crippen molar-refractivity contribution in [2.75, 3.05) is 38.2 Å². The smallest absolute Gasteiger partial charge is 0.374 e. The molecule has 724 valence electrons. The number of nitrogens with two attached hydrogens (primary N) is 1. The van der Waals surface area contributed by atoms with Gasteiger partial charge in [0.25, 0.3) is 17.7 Å². The fourth-order valence-electron chi connectivity index (χ4n) is 15.2. The summed E-state index contributed by atoms with van der Waals surface area (Å²) < 4.78 is 227. The number of anilines is 2. The largest absolute Gasteiger partial charge is 0.497 e. The summed E-state index contributed by atoms with van der Waals surface area (Å²) in [6.07, 6.45) is 4.30. The molecule has 0 bridgehead atoms. The Morgan fingerprint density at radius 2 is 0.674 bits per heavy atom. The minimum absolute atomic E-state index is 0.00187. The van der Waals surface area contributed by atoms with Crippen LogP contribution in [0.1, 0.15) is 99.8 Å². The second-order valence-corrected chi connectivity index (χ2v) is 33.2. The number of nitrogens with one attached hydrogen (secondary N) is 5. The van der Waals surface area contributed by atoms with E-state index in [1.165, 1.54) is 127 Å². The molecule has 8 N–H and O–H groups in total. The number of benzene rings is 10. The number of carbonyl (C=O) groups is 8. The number of rotatable bonds is 20. The van der Waals surface area contributed by atoms with Crippen LogP contribution in [0, 0.1) is 44.3 Å². The first-order valence-corrected chi connectivity index (χ1v) is 42.6. The van der Waals surface area contributed by atoms with Crippen molar-refractivity contribution in [3.63, 3.8) is 0 Å². The van der Waals surface area contributed by atoms with Crippen molar-refractivity contribution in [2.45, 2.75) is 125 Å². The van der Waals surface area contributed by atoms with Crippen LogP contribution in [0.2, 0.25) is 0 Å². The number of hydrogen-bond donors (Lipinski definition) is 7. The van der Waals surface area contributed by atoms with E-state index < -0.39 is 143 Å². The first kappa shape index (κ1) is 102. The van der Waals surface area contributed by atoms with E-state index in [9.17, 15) is 95.4 Å². The molecule has 27 nitrogen and oxygen atoms in total. The number of aliphatic carboxylic acids is 1. The minimum atomic E-state index is -3.69. The molecule has 17 rings (SSSR count). The first-order valence-electron chi connectivity index (χ1n) is 41.5. The summed E-state index contributed by atoms with van der Waals surface area (Å²) in [5.74, 6) is -24.8. The maximum absolute atomic E-state index is 15.1. The number of hydrogen-bond acceptors (Lipinski definition) is 16. The minimum Gasteiger partial charge on any atom is -0.497 e. The average Bonchev–Trinajstić information content (AvgIpc) is 1.60. The lowest BCUT2D eigenvalue weighted by atomic mass is 9.98. The summed E-state index contributed by atoms with van der Waals surface area (Å²) in [5, 5.41) is 34.5. The lowest BCUT2D eigenvalue weighted by Gasteiger charge is -2.30. The lowest BCUT2D eigenvalue weighted by molar-refractivity contribution is -0.162. The van der Waals surface area contributed by atoms with Crippen LogP contribution < -0.4 is 61.1 Å². The maximum atomic E-state index is 15.1. The van der Waals surface area contributed by atoms with Crippen molar-refractivity contribution < 1.29 is 128 Å². The molecule has 4 aliphatic rings. The van der Waals surface area contributed by atoms with E-state index in [2.05, 4.69) is 70.5 Å². The molecule has 0 radical (unpaired) electrons. The summed E-state index contributed by atoms with van der Waals surface area (Å²) in [7, 11) is 5.67. The van der Waals surface area contributed by atoms with E-state index in [1.54, 1.807) is 101 Å². The van der Waals surface area contributed by atoms with Crippen LogP contribution in [0.5, 0.6) is 23.0 Å². The highest BCUT2D eigenvalue weighted by Crippen LogP contribution is 2.44. The SMILES string of the molecule is CC(F)(F)C(=O)O.COc1ccc(F)c(C2NC(=O)C[C@@H]2N)c1.COc1ccc(F)c([C@@H]2[C@@H](NC(=O)C(C)(F)F)CC(=O)N2c2ccc3c(cnn3-c3ccc(F)cc3)c2)c1.COc1ccc(F)c([C@H]2NC(=O)C[C@@H]2NC(=O)C(C)(F)F)c1.COc1ccc(F)c([C@H]2[C@H](NC(=O)C(C)(F)F)CC(=O)N2c2ccc3c(cnn3-c3ccc(F)cc3)c2)c1.Fc1ccc(-n2ncc3cc(I)ccc32)cc1. The van der Waals surface area contributed by atoms with Gasteiger partial charge in [0.2, 0.25) is 23.6 Å². The van der Waals surface area contributed by atoms with E-state index in [0.29, 0.717) is 101 Å². The van der Waals surface area contributed by atoms with E-state index in [0.717, 1.165) is 34.8 Å². The third-order valence-corrected chi connectivity index (χ3v) is 22.7. The highest BCUT2D eigenvalue weighted by molar-refractivity contribution is 14.1. The number of amides is 7. The van der Waals surface area contributed by atoms with Crippen molar-refractivity contribution in [3.05, 3.63) is 285 Å². The summed E-state index contributed by atoms with van der Waals surface area (Å²) in [6, 6.07) is 42.7. The molecule has 10 aromatic carbocycles. The Balaban J connectivity index is 0.000000158. The van der Waals surface area contributed by atoms with Gasteiger partial charge in [-0.05, 0) is 223 Å². The van der Waals surface area contributed by atoms with Crippen LogP contribution in [0.3, 0.4) is 0 Å². The normalized spacial score (nSPS) is 17.9. The van der Waals surface area contributed by atoms with Gasteiger partial charge >= 0.3 is 29.7 Å². The number of alkyl halides is 8. The molecule has 0 spiro atoms. The third-order valence-electron chi connectivity index (χ3n) is 22.0. The summed E-state index contributed by atoms with van der Waals surface area (Å²) in [6.45, 7) is 1.68. The Morgan fingerprint density at radius 1 is 0.384 bits per heavy atom. The van der Waals surface area contributed by atoms with Crippen LogP contribution in [0.25, 0.3) is 49.8 Å². The quantitative estimate of drug-likeness (QED) is 0.0275. The van der Waals surface area contributed by atoms with E-state index in [1.807, 2.05) is 23.0 Å². The van der Waals surface area contributed by atoms with Crippen molar-refractivity contribution in [2.24, 2.45) is 5.73 Å². The lowest BCUT2D eigenvalue weighted by Crippen LogP contribution is -2.46. The number of carboxylic acids is 1. The Hall–Kier alpha value is -14.8. The molecule has 4 saturated heterocycles. The van der Waals surface area contributed by atoms with Crippen LogP contribution in [-0.4, -0.2) is 158 Å². The molecule has 43 heteroatoms. The number of fused-ring (bicyclic) bond motifs is 3. The predicted molar refractivity (Wildman–Crippen MR) is 482 cm³/mol. The molecule has 8 atom stereocenters. The number of carboxylic acid groups (broad SMARTS) is 1. The van der Waals surface area contributed by atoms with Gasteiger partial charge < -0.3 is 66.2 Å². The summed E-state index contributed by atoms with van der Waals surface area (Å²) >= 11 is 2.27. The van der Waals surface area contributed by atoms with Gasteiger partial charge in [0, 0.05) is 113 Å². The van der Waals surface area contributed by atoms with Gasteiger partial charge in [0.1, 0.15) is 63.7 Å². The molecular weight excluding hydrogens is 1960 g/mol. The second kappa shape index (κ2) is 42.6. The monoisotopic (exact) mass is 2040 g/mol.